The molecule has 1 aliphatic heterocycles. The second-order valence-corrected chi connectivity index (χ2v) is 7.88. The number of ether oxygens (including phenoxy) is 1. The van der Waals surface area contributed by atoms with E-state index in [2.05, 4.69) is 20.3 Å². The fraction of sp³-hybridized carbons (Fsp3) is 0.304. The molecule has 178 valence electrons. The number of pyridine rings is 1. The monoisotopic (exact) mass is 471 g/mol. The Morgan fingerprint density at radius 3 is 2.68 bits per heavy atom. The van der Waals surface area contributed by atoms with Crippen LogP contribution in [0.25, 0.3) is 11.4 Å². The highest BCUT2D eigenvalue weighted by Gasteiger charge is 2.37. The van der Waals surface area contributed by atoms with E-state index < -0.39 is 47.5 Å². The highest BCUT2D eigenvalue weighted by Crippen LogP contribution is 2.36. The number of nitrogens with one attached hydrogen (secondary N) is 1. The largest absolute Gasteiger partial charge is 0.396 e. The SMILES string of the molecule is CCC1OC(c2ccncc2NC(=O)c2nc(-c3c(F)cccc3F)ncc2N)CC(O)C1O. The van der Waals surface area contributed by atoms with Gasteiger partial charge in [0.05, 0.1) is 47.6 Å². The third-order valence-electron chi connectivity index (χ3n) is 5.64. The van der Waals surface area contributed by atoms with Crippen LogP contribution in [0.2, 0.25) is 0 Å². The maximum atomic E-state index is 14.2. The molecule has 9 nitrogen and oxygen atoms in total. The van der Waals surface area contributed by atoms with Crippen molar-refractivity contribution in [2.75, 3.05) is 11.1 Å². The third-order valence-corrected chi connectivity index (χ3v) is 5.64. The van der Waals surface area contributed by atoms with Crippen LogP contribution in [0.1, 0.15) is 41.9 Å². The van der Waals surface area contributed by atoms with Crippen LogP contribution < -0.4 is 11.1 Å². The summed E-state index contributed by atoms with van der Waals surface area (Å²) in [7, 11) is 0. The number of nitrogen functional groups attached to an aromatic ring is 1. The first-order chi connectivity index (χ1) is 16.3. The molecule has 1 amide bonds. The first-order valence-electron chi connectivity index (χ1n) is 10.6. The molecule has 4 rings (SSSR count). The average molecular weight is 471 g/mol. The Bertz CT molecular complexity index is 1190. The van der Waals surface area contributed by atoms with Crippen LogP contribution in [0, 0.1) is 11.6 Å². The number of aromatic nitrogens is 3. The lowest BCUT2D eigenvalue weighted by atomic mass is 9.92. The van der Waals surface area contributed by atoms with Crippen molar-refractivity contribution in [3.05, 3.63) is 65.7 Å². The molecule has 2 aromatic heterocycles. The quantitative estimate of drug-likeness (QED) is 0.445. The molecule has 0 spiro atoms. The fourth-order valence-corrected chi connectivity index (χ4v) is 3.87. The Morgan fingerprint density at radius 2 is 1.97 bits per heavy atom. The van der Waals surface area contributed by atoms with Crippen molar-refractivity contribution < 1.29 is 28.5 Å². The summed E-state index contributed by atoms with van der Waals surface area (Å²) in [5, 5.41) is 23.0. The molecular formula is C23H23F2N5O4. The Kier molecular flexibility index (Phi) is 6.77. The zero-order valence-electron chi connectivity index (χ0n) is 18.2. The van der Waals surface area contributed by atoms with Gasteiger partial charge in [0.15, 0.2) is 11.5 Å². The van der Waals surface area contributed by atoms with E-state index in [1.807, 2.05) is 6.92 Å². The van der Waals surface area contributed by atoms with Gasteiger partial charge >= 0.3 is 0 Å². The van der Waals surface area contributed by atoms with E-state index >= 15 is 0 Å². The summed E-state index contributed by atoms with van der Waals surface area (Å²) in [6, 6.07) is 4.94. The molecule has 34 heavy (non-hydrogen) atoms. The van der Waals surface area contributed by atoms with E-state index in [1.165, 1.54) is 18.5 Å². The molecule has 3 heterocycles. The van der Waals surface area contributed by atoms with Gasteiger partial charge in [-0.3, -0.25) is 9.78 Å². The summed E-state index contributed by atoms with van der Waals surface area (Å²) < 4.78 is 34.3. The van der Waals surface area contributed by atoms with Crippen molar-refractivity contribution in [1.82, 2.24) is 15.0 Å². The summed E-state index contributed by atoms with van der Waals surface area (Å²) in [6.07, 6.45) is 1.37. The van der Waals surface area contributed by atoms with Gasteiger partial charge in [0.1, 0.15) is 17.7 Å². The summed E-state index contributed by atoms with van der Waals surface area (Å²) in [5.74, 6) is -2.85. The number of carbonyl (C=O) groups excluding carboxylic acids is 1. The lowest BCUT2D eigenvalue weighted by Crippen LogP contribution is -2.45. The van der Waals surface area contributed by atoms with E-state index in [9.17, 15) is 23.8 Å². The predicted molar refractivity (Wildman–Crippen MR) is 119 cm³/mol. The second kappa shape index (κ2) is 9.75. The predicted octanol–water partition coefficient (Wildman–Crippen LogP) is 2.61. The van der Waals surface area contributed by atoms with E-state index in [1.54, 1.807) is 6.07 Å². The van der Waals surface area contributed by atoms with Crippen LogP contribution in [0.5, 0.6) is 0 Å². The lowest BCUT2D eigenvalue weighted by Gasteiger charge is -2.37. The van der Waals surface area contributed by atoms with Crippen LogP contribution in [-0.4, -0.2) is 49.4 Å². The Labute approximate surface area is 193 Å². The standard InChI is InChI=1S/C23H23F2N5O4/c1-2-17-21(32)16(31)8-18(34-17)11-6-7-27-10-15(11)29-23(33)20-14(26)9-28-22(30-20)19-12(24)4-3-5-13(19)25/h3-7,9-10,16-18,21,31-32H,2,8,26H2,1H3,(H,29,33). The molecule has 1 aliphatic rings. The van der Waals surface area contributed by atoms with E-state index in [0.29, 0.717) is 12.0 Å². The third kappa shape index (κ3) is 4.58. The van der Waals surface area contributed by atoms with Crippen LogP contribution in [-0.2, 0) is 4.74 Å². The molecule has 1 saturated heterocycles. The highest BCUT2D eigenvalue weighted by atomic mass is 19.1. The van der Waals surface area contributed by atoms with Gasteiger partial charge in [-0.1, -0.05) is 13.0 Å². The molecule has 0 aliphatic carbocycles. The minimum absolute atomic E-state index is 0.0954. The van der Waals surface area contributed by atoms with Crippen molar-refractivity contribution in [2.45, 2.75) is 44.2 Å². The maximum Gasteiger partial charge on any atom is 0.276 e. The van der Waals surface area contributed by atoms with Gasteiger partial charge in [0.25, 0.3) is 5.91 Å². The van der Waals surface area contributed by atoms with Crippen LogP contribution in [0.3, 0.4) is 0 Å². The Balaban J connectivity index is 1.64. The molecule has 0 radical (unpaired) electrons. The minimum atomic E-state index is -1.01. The lowest BCUT2D eigenvalue weighted by molar-refractivity contribution is -0.170. The number of aliphatic hydroxyl groups is 2. The van der Waals surface area contributed by atoms with Gasteiger partial charge in [0, 0.05) is 18.2 Å². The summed E-state index contributed by atoms with van der Waals surface area (Å²) in [5.41, 5.74) is 5.82. The van der Waals surface area contributed by atoms with Crippen LogP contribution in [0.4, 0.5) is 20.2 Å². The zero-order chi connectivity index (χ0) is 24.4. The summed E-state index contributed by atoms with van der Waals surface area (Å²) in [4.78, 5) is 24.9. The van der Waals surface area contributed by atoms with Gasteiger partial charge in [-0.2, -0.15) is 0 Å². The minimum Gasteiger partial charge on any atom is -0.396 e. The Morgan fingerprint density at radius 1 is 1.24 bits per heavy atom. The van der Waals surface area contributed by atoms with E-state index in [4.69, 9.17) is 10.5 Å². The number of anilines is 2. The van der Waals surface area contributed by atoms with Gasteiger partial charge in [-0.05, 0) is 24.6 Å². The molecule has 11 heteroatoms. The average Bonchev–Trinajstić information content (AvgIpc) is 2.82. The van der Waals surface area contributed by atoms with Crippen molar-refractivity contribution >= 4 is 17.3 Å². The molecule has 1 fully saturated rings. The first kappa shape index (κ1) is 23.6. The molecule has 0 saturated carbocycles. The number of halogens is 2. The number of rotatable bonds is 5. The number of nitrogens with two attached hydrogens (primary N) is 1. The molecule has 5 N–H and O–H groups in total. The molecule has 4 atom stereocenters. The Hall–Kier alpha value is -3.54. The molecular weight excluding hydrogens is 448 g/mol. The van der Waals surface area contributed by atoms with Crippen LogP contribution >= 0.6 is 0 Å². The second-order valence-electron chi connectivity index (χ2n) is 7.88. The number of amides is 1. The van der Waals surface area contributed by atoms with Gasteiger partial charge in [-0.25, -0.2) is 18.7 Å². The van der Waals surface area contributed by atoms with Crippen molar-refractivity contribution in [2.24, 2.45) is 0 Å². The van der Waals surface area contributed by atoms with Gasteiger partial charge in [0.2, 0.25) is 0 Å². The molecule has 0 bridgehead atoms. The van der Waals surface area contributed by atoms with Crippen molar-refractivity contribution in [1.29, 1.82) is 0 Å². The van der Waals surface area contributed by atoms with Crippen molar-refractivity contribution in [3.63, 3.8) is 0 Å². The normalized spacial score (nSPS) is 22.4. The zero-order valence-corrected chi connectivity index (χ0v) is 18.2. The number of benzene rings is 1. The summed E-state index contributed by atoms with van der Waals surface area (Å²) in [6.45, 7) is 1.83. The molecule has 3 aromatic rings. The topological polar surface area (TPSA) is 143 Å². The highest BCUT2D eigenvalue weighted by molar-refractivity contribution is 6.06. The van der Waals surface area contributed by atoms with Gasteiger partial charge in [-0.15, -0.1) is 0 Å². The summed E-state index contributed by atoms with van der Waals surface area (Å²) >= 11 is 0. The number of carbonyl (C=O) groups is 1. The smallest absolute Gasteiger partial charge is 0.276 e. The maximum absolute atomic E-state index is 14.2. The number of nitrogens with zero attached hydrogens (tertiary/aromatic N) is 3. The fourth-order valence-electron chi connectivity index (χ4n) is 3.87. The van der Waals surface area contributed by atoms with E-state index in [-0.39, 0.29) is 29.3 Å². The molecule has 1 aromatic carbocycles. The van der Waals surface area contributed by atoms with Crippen molar-refractivity contribution in [3.8, 4) is 11.4 Å². The number of hydrogen-bond acceptors (Lipinski definition) is 8. The molecule has 4 unspecified atom stereocenters. The number of hydrogen-bond donors (Lipinski definition) is 4. The van der Waals surface area contributed by atoms with Gasteiger partial charge < -0.3 is 26.0 Å². The van der Waals surface area contributed by atoms with E-state index in [0.717, 1.165) is 18.3 Å². The number of aliphatic hydroxyl groups excluding tert-OH is 2. The first-order valence-corrected chi connectivity index (χ1v) is 10.6. The van der Waals surface area contributed by atoms with Crippen LogP contribution in [0.15, 0.2) is 42.9 Å².